The Morgan fingerprint density at radius 1 is 0.284 bits per heavy atom. The monoisotopic (exact) mass is 1780 g/mol. The molecule has 658 valence electrons. The van der Waals surface area contributed by atoms with Gasteiger partial charge in [0.2, 0.25) is 0 Å². The largest absolute Gasteiger partial charge is 0.399 e. The highest BCUT2D eigenvalue weighted by Gasteiger charge is 2.21. The standard InChI is InChI=1S/C19H15F2N3.C19H16FN3.C17H9F2N3O2.C17H11F2N3.C17H12FN3.C17H13N3/c1-23(2)13-7-5-12(6-8-13)19-17-4-3-9-24(17)18-11-15(21)14(20)10-16(18)22-19;1-22(2)15-8-5-13(6-9-15)19-18-4-3-11-23(18)17-10-7-14(20)12-16(17)21-19;18-12-8-14-16(9-13(12)19)21-7-1-2-15(21)17(20-14)10-3-5-11(6-4-10)22(23)24;18-12-8-14-16(9-13(12)19)22-7-1-2-15(22)17(21-14)10-3-5-11(20)6-4-10;18-12-5-8-15-14(10-12)20-17(16-2-1-9-21(15)16)11-3-6-13(19)7-4-11;1-12-6-7-15-14(10-12)19-17(13-4-2-8-18-11-13)16-5-3-9-20(15)16/h3-11H,1-2H3;3-12H,1-2H3;1-9H;1-9H,20H2;1-10H,19H2;2-11H,1H3. The first-order chi connectivity index (χ1) is 64.9. The summed E-state index contributed by atoms with van der Waals surface area (Å²) in [7, 11) is 7.98. The maximum absolute atomic E-state index is 13.6. The smallest absolute Gasteiger partial charge is 0.269 e. The Kier molecular flexibility index (Phi) is 22.9. The Hall–Kier alpha value is -17.7. The van der Waals surface area contributed by atoms with Crippen molar-refractivity contribution in [3.05, 3.63) is 409 Å². The fraction of sp³-hybridized carbons (Fsp3) is 0.0472. The van der Waals surface area contributed by atoms with Crippen LogP contribution in [0.4, 0.5) is 63.6 Å². The van der Waals surface area contributed by atoms with Crippen LogP contribution in [0, 0.1) is 63.6 Å². The van der Waals surface area contributed by atoms with E-state index in [4.69, 9.17) is 21.4 Å². The zero-order valence-electron chi connectivity index (χ0n) is 72.1. The number of benzene rings is 11. The molecule has 13 heterocycles. The molecule has 20 nitrogen and oxygen atoms in total. The van der Waals surface area contributed by atoms with Crippen molar-refractivity contribution in [1.29, 1.82) is 0 Å². The molecule has 0 spiro atoms. The highest BCUT2D eigenvalue weighted by Crippen LogP contribution is 2.37. The Morgan fingerprint density at radius 3 is 0.851 bits per heavy atom. The number of nitro benzene ring substituents is 1. The highest BCUT2D eigenvalue weighted by molar-refractivity contribution is 5.94. The summed E-state index contributed by atoms with van der Waals surface area (Å²) in [6.45, 7) is 2.09. The number of pyridine rings is 1. The molecule has 11 aromatic carbocycles. The van der Waals surface area contributed by atoms with Crippen LogP contribution in [0.5, 0.6) is 0 Å². The number of halogens is 8. The van der Waals surface area contributed by atoms with Gasteiger partial charge in [-0.1, -0.05) is 54.6 Å². The van der Waals surface area contributed by atoms with Gasteiger partial charge in [-0.25, -0.2) is 65.0 Å². The Bertz CT molecular complexity index is 8620. The van der Waals surface area contributed by atoms with E-state index in [1.54, 1.807) is 75.9 Å². The minimum atomic E-state index is -0.976. The summed E-state index contributed by atoms with van der Waals surface area (Å²) in [5.74, 6) is -6.04. The predicted octanol–water partition coefficient (Wildman–Crippen LogP) is 24.9. The van der Waals surface area contributed by atoms with E-state index in [0.29, 0.717) is 78.0 Å². The molecule has 24 aromatic rings. The number of aryl methyl sites for hydroxylation is 1. The third kappa shape index (κ3) is 16.8. The van der Waals surface area contributed by atoms with Crippen LogP contribution in [0.15, 0.2) is 347 Å². The fourth-order valence-corrected chi connectivity index (χ4v) is 16.3. The van der Waals surface area contributed by atoms with E-state index in [2.05, 4.69) is 106 Å². The van der Waals surface area contributed by atoms with Crippen molar-refractivity contribution in [3.8, 4) is 67.5 Å². The molecule has 0 amide bonds. The second-order valence-corrected chi connectivity index (χ2v) is 32.0. The number of non-ortho nitro benzene ring substituents is 1. The maximum Gasteiger partial charge on any atom is 0.269 e. The quantitative estimate of drug-likeness (QED) is 0.0595. The minimum absolute atomic E-state index is 0.0287. The van der Waals surface area contributed by atoms with Crippen molar-refractivity contribution in [3.63, 3.8) is 0 Å². The molecule has 13 aromatic heterocycles. The third-order valence-corrected chi connectivity index (χ3v) is 22.9. The van der Waals surface area contributed by atoms with Crippen LogP contribution >= 0.6 is 0 Å². The van der Waals surface area contributed by atoms with Gasteiger partial charge in [0, 0.05) is 195 Å². The van der Waals surface area contributed by atoms with Crippen molar-refractivity contribution in [1.82, 2.24) is 61.3 Å². The summed E-state index contributed by atoms with van der Waals surface area (Å²) in [6.07, 6.45) is 15.0. The molecule has 0 aliphatic rings. The lowest BCUT2D eigenvalue weighted by molar-refractivity contribution is -0.384. The second-order valence-electron chi connectivity index (χ2n) is 32.0. The van der Waals surface area contributed by atoms with Crippen molar-refractivity contribution in [2.24, 2.45) is 0 Å². The van der Waals surface area contributed by atoms with Gasteiger partial charge in [-0.05, 0) is 194 Å². The summed E-state index contributed by atoms with van der Waals surface area (Å²) < 4.78 is 120. The van der Waals surface area contributed by atoms with E-state index in [-0.39, 0.29) is 17.3 Å². The summed E-state index contributed by atoms with van der Waals surface area (Å²) in [6, 6.07) is 86.6. The van der Waals surface area contributed by atoms with Gasteiger partial charge in [0.05, 0.1) is 138 Å². The molecule has 134 heavy (non-hydrogen) atoms. The van der Waals surface area contributed by atoms with Crippen LogP contribution in [0.2, 0.25) is 0 Å². The molecular formula is C106H76F8N18O2. The van der Waals surface area contributed by atoms with Crippen LogP contribution in [-0.2, 0) is 0 Å². The lowest BCUT2D eigenvalue weighted by Crippen LogP contribution is -2.08. The molecule has 0 aliphatic heterocycles. The zero-order chi connectivity index (χ0) is 92.9. The lowest BCUT2D eigenvalue weighted by atomic mass is 10.1. The number of aromatic nitrogens is 13. The zero-order valence-corrected chi connectivity index (χ0v) is 72.1. The number of nitro groups is 1. The molecular weight excluding hydrogens is 1710 g/mol. The van der Waals surface area contributed by atoms with Crippen LogP contribution < -0.4 is 21.3 Å². The van der Waals surface area contributed by atoms with Crippen LogP contribution in [0.25, 0.3) is 167 Å². The fourth-order valence-electron chi connectivity index (χ4n) is 16.3. The van der Waals surface area contributed by atoms with Gasteiger partial charge in [0.25, 0.3) is 5.69 Å². The summed E-state index contributed by atoms with van der Waals surface area (Å²) in [5.41, 5.74) is 39.6. The Balaban J connectivity index is 0.000000104. The Morgan fingerprint density at radius 2 is 0.552 bits per heavy atom. The number of nitrogens with zero attached hydrogens (tertiary/aromatic N) is 16. The van der Waals surface area contributed by atoms with Gasteiger partial charge in [-0.2, -0.15) is 0 Å². The van der Waals surface area contributed by atoms with Gasteiger partial charge < -0.3 is 47.7 Å². The Labute approximate surface area is 757 Å². The van der Waals surface area contributed by atoms with E-state index in [0.717, 1.165) is 142 Å². The molecule has 0 atom stereocenters. The number of nitrogen functional groups attached to an aromatic ring is 2. The molecule has 24 rings (SSSR count). The second kappa shape index (κ2) is 35.7. The average molecular weight is 1790 g/mol. The molecule has 4 N–H and O–H groups in total. The molecule has 0 bridgehead atoms. The number of nitrogens with two attached hydrogens (primary N) is 2. The van der Waals surface area contributed by atoms with Crippen LogP contribution in [0.1, 0.15) is 5.56 Å². The number of fused-ring (bicyclic) bond motifs is 18. The number of hydrogen-bond donors (Lipinski definition) is 2. The normalized spacial score (nSPS) is 11.3. The van der Waals surface area contributed by atoms with Gasteiger partial charge >= 0.3 is 0 Å². The number of hydrogen-bond acceptors (Lipinski definition) is 13. The average Bonchev–Trinajstić information content (AvgIpc) is 1.58. The minimum Gasteiger partial charge on any atom is -0.399 e. The molecule has 0 radical (unpaired) electrons. The van der Waals surface area contributed by atoms with E-state index in [9.17, 15) is 45.2 Å². The molecule has 0 unspecified atom stereocenters. The lowest BCUT2D eigenvalue weighted by Gasteiger charge is -2.13. The first-order valence-corrected chi connectivity index (χ1v) is 42.1. The molecule has 0 aliphatic carbocycles. The molecule has 0 saturated carbocycles. The number of anilines is 4. The van der Waals surface area contributed by atoms with Gasteiger partial charge in [-0.3, -0.25) is 15.1 Å². The third-order valence-electron chi connectivity index (χ3n) is 22.9. The van der Waals surface area contributed by atoms with E-state index >= 15 is 0 Å². The van der Waals surface area contributed by atoms with Crippen molar-refractivity contribution >= 4 is 128 Å². The van der Waals surface area contributed by atoms with Crippen molar-refractivity contribution in [2.45, 2.75) is 6.92 Å². The van der Waals surface area contributed by atoms with Gasteiger partial charge in [-0.15, -0.1) is 0 Å². The van der Waals surface area contributed by atoms with Gasteiger partial charge in [0.15, 0.2) is 34.9 Å². The SMILES string of the molecule is CN(C)c1ccc(-c2nc3cc(F)c(F)cc3n3cccc23)cc1.CN(C)c1ccc(-c2nc3cc(F)ccc3n3cccc23)cc1.Cc1ccc2c(c1)nc(-c1cccnc1)c1cccn12.Nc1ccc(-c2nc3cc(F)c(F)cc3n3cccc23)cc1.Nc1ccc(-c2nc3cc(F)ccc3n3cccc23)cc1.O=[N+]([O-])c1ccc(-c2nc3cc(F)c(F)cc3n3cccc23)cc1. The summed E-state index contributed by atoms with van der Waals surface area (Å²) in [4.78, 5) is 46.3. The first-order valence-electron chi connectivity index (χ1n) is 42.1. The summed E-state index contributed by atoms with van der Waals surface area (Å²) >= 11 is 0. The first kappa shape index (κ1) is 85.7. The number of rotatable bonds is 9. The van der Waals surface area contributed by atoms with Crippen molar-refractivity contribution in [2.75, 3.05) is 49.5 Å². The van der Waals surface area contributed by atoms with Gasteiger partial charge in [0.1, 0.15) is 11.6 Å². The van der Waals surface area contributed by atoms with E-state index in [1.165, 1.54) is 48.0 Å². The van der Waals surface area contributed by atoms with E-state index in [1.807, 2.05) is 188 Å². The van der Waals surface area contributed by atoms with Crippen LogP contribution in [-0.4, -0.2) is 94.4 Å². The summed E-state index contributed by atoms with van der Waals surface area (Å²) in [5, 5.41) is 10.8. The molecule has 28 heteroatoms. The molecule has 0 saturated heterocycles. The highest BCUT2D eigenvalue weighted by atomic mass is 19.2. The predicted molar refractivity (Wildman–Crippen MR) is 515 cm³/mol. The van der Waals surface area contributed by atoms with Crippen molar-refractivity contribution < 1.29 is 40.0 Å². The van der Waals surface area contributed by atoms with E-state index < -0.39 is 39.8 Å². The van der Waals surface area contributed by atoms with Crippen LogP contribution in [0.3, 0.4) is 0 Å². The maximum atomic E-state index is 13.6. The molecule has 0 fully saturated rings. The topological polar surface area (TPSA) is 218 Å².